The zero-order valence-corrected chi connectivity index (χ0v) is 13.5. The topological polar surface area (TPSA) is 87.2 Å². The molecule has 1 atom stereocenters. The molecular weight excluding hydrogens is 318 g/mol. The lowest BCUT2D eigenvalue weighted by Crippen LogP contribution is -2.40. The van der Waals surface area contributed by atoms with Crippen LogP contribution in [0.25, 0.3) is 0 Å². The van der Waals surface area contributed by atoms with Crippen molar-refractivity contribution in [2.45, 2.75) is 44.6 Å². The maximum Gasteiger partial charge on any atom is 0.293 e. The summed E-state index contributed by atoms with van der Waals surface area (Å²) in [5.74, 6) is 0. The Morgan fingerprint density at radius 2 is 2.26 bits per heavy atom. The first-order valence-corrected chi connectivity index (χ1v) is 8.04. The van der Waals surface area contributed by atoms with E-state index in [1.165, 1.54) is 12.1 Å². The number of carbonyl (C=O) groups excluding carboxylic acids is 1. The molecule has 0 aliphatic carbocycles. The Morgan fingerprint density at radius 3 is 2.91 bits per heavy atom. The molecule has 122 valence electrons. The van der Waals surface area contributed by atoms with E-state index >= 15 is 0 Å². The minimum Gasteiger partial charge on any atom is -0.363 e. The second-order valence-electron chi connectivity index (χ2n) is 5.63. The van der Waals surface area contributed by atoms with Gasteiger partial charge in [0.25, 0.3) is 5.69 Å². The van der Waals surface area contributed by atoms with Crippen LogP contribution in [0.3, 0.4) is 0 Å². The zero-order chi connectivity index (χ0) is 16.8. The molecule has 0 bridgehead atoms. The molecule has 0 N–H and O–H groups in total. The van der Waals surface area contributed by atoms with Gasteiger partial charge in [-0.3, -0.25) is 10.1 Å². The lowest BCUT2D eigenvalue weighted by Gasteiger charge is -2.37. The van der Waals surface area contributed by atoms with Gasteiger partial charge in [-0.15, -0.1) is 0 Å². The summed E-state index contributed by atoms with van der Waals surface area (Å²) in [7, 11) is 0. The van der Waals surface area contributed by atoms with Crippen LogP contribution in [0.5, 0.6) is 0 Å². The molecule has 0 amide bonds. The minimum absolute atomic E-state index is 0.0896. The molecule has 0 radical (unpaired) electrons. The Morgan fingerprint density at radius 1 is 1.48 bits per heavy atom. The van der Waals surface area contributed by atoms with E-state index in [-0.39, 0.29) is 22.3 Å². The number of nitriles is 1. The Labute approximate surface area is 139 Å². The second kappa shape index (κ2) is 7.93. The Kier molecular flexibility index (Phi) is 5.94. The van der Waals surface area contributed by atoms with E-state index < -0.39 is 4.92 Å². The van der Waals surface area contributed by atoms with E-state index in [9.17, 15) is 14.9 Å². The van der Waals surface area contributed by atoms with Gasteiger partial charge in [0.1, 0.15) is 18.0 Å². The van der Waals surface area contributed by atoms with Crippen LogP contribution in [0, 0.1) is 21.4 Å². The maximum atomic E-state index is 11.4. The van der Waals surface area contributed by atoms with Crippen LogP contribution < -0.4 is 4.90 Å². The number of anilines is 1. The van der Waals surface area contributed by atoms with Crippen LogP contribution in [0.15, 0.2) is 12.1 Å². The average molecular weight is 336 g/mol. The van der Waals surface area contributed by atoms with Crippen LogP contribution in [-0.2, 0) is 4.79 Å². The predicted octanol–water partition coefficient (Wildman–Crippen LogP) is 3.85. The van der Waals surface area contributed by atoms with Gasteiger partial charge in [-0.05, 0) is 38.2 Å². The summed E-state index contributed by atoms with van der Waals surface area (Å²) in [5, 5.41) is 20.6. The molecule has 1 saturated heterocycles. The van der Waals surface area contributed by atoms with Crippen molar-refractivity contribution in [1.82, 2.24) is 0 Å². The van der Waals surface area contributed by atoms with Crippen molar-refractivity contribution in [2.24, 2.45) is 0 Å². The summed E-state index contributed by atoms with van der Waals surface area (Å²) in [4.78, 5) is 23.4. The number of aldehydes is 1. The van der Waals surface area contributed by atoms with Crippen molar-refractivity contribution < 1.29 is 9.72 Å². The molecule has 7 heteroatoms. The van der Waals surface area contributed by atoms with Crippen LogP contribution in [0.1, 0.15) is 44.1 Å². The van der Waals surface area contributed by atoms with E-state index in [4.69, 9.17) is 16.9 Å². The number of rotatable bonds is 6. The number of benzene rings is 1. The number of nitrogens with zero attached hydrogens (tertiary/aromatic N) is 3. The molecule has 0 spiro atoms. The number of hydrogen-bond acceptors (Lipinski definition) is 5. The van der Waals surface area contributed by atoms with Crippen molar-refractivity contribution >= 4 is 29.3 Å². The largest absolute Gasteiger partial charge is 0.363 e. The highest BCUT2D eigenvalue weighted by molar-refractivity contribution is 6.32. The van der Waals surface area contributed by atoms with Crippen molar-refractivity contribution in [3.8, 4) is 6.07 Å². The molecule has 1 aromatic carbocycles. The maximum absolute atomic E-state index is 11.4. The molecule has 0 saturated carbocycles. The molecule has 0 aromatic heterocycles. The molecule has 6 nitrogen and oxygen atoms in total. The van der Waals surface area contributed by atoms with Crippen molar-refractivity contribution in [3.05, 3.63) is 32.8 Å². The summed E-state index contributed by atoms with van der Waals surface area (Å²) >= 11 is 6.08. The first-order chi connectivity index (χ1) is 11.1. The molecule has 2 rings (SSSR count). The summed E-state index contributed by atoms with van der Waals surface area (Å²) in [6, 6.07) is 4.81. The van der Waals surface area contributed by atoms with Gasteiger partial charge >= 0.3 is 0 Å². The Hall–Kier alpha value is -2.13. The van der Waals surface area contributed by atoms with Crippen LogP contribution in [0.2, 0.25) is 5.02 Å². The van der Waals surface area contributed by atoms with Crippen LogP contribution >= 0.6 is 11.6 Å². The zero-order valence-electron chi connectivity index (χ0n) is 12.7. The van der Waals surface area contributed by atoms with Crippen molar-refractivity contribution in [2.75, 3.05) is 11.4 Å². The van der Waals surface area contributed by atoms with Gasteiger partial charge in [-0.2, -0.15) is 5.26 Å². The van der Waals surface area contributed by atoms with Gasteiger partial charge in [0, 0.05) is 25.1 Å². The van der Waals surface area contributed by atoms with Gasteiger partial charge in [0.2, 0.25) is 0 Å². The van der Waals surface area contributed by atoms with Crippen molar-refractivity contribution in [1.29, 1.82) is 5.26 Å². The van der Waals surface area contributed by atoms with Gasteiger partial charge in [0.05, 0.1) is 15.5 Å². The highest BCUT2D eigenvalue weighted by atomic mass is 35.5. The highest BCUT2D eigenvalue weighted by Gasteiger charge is 2.29. The van der Waals surface area contributed by atoms with Gasteiger partial charge in [-0.25, -0.2) is 0 Å². The SMILES string of the molecule is N#Cc1cc([N+](=O)[O-])c(N2CCCC[C@H]2CCCC=O)cc1Cl. The lowest BCUT2D eigenvalue weighted by atomic mass is 9.96. The Balaban J connectivity index is 2.36. The number of nitro benzene ring substituents is 1. The number of halogens is 1. The fourth-order valence-electron chi connectivity index (χ4n) is 3.07. The first kappa shape index (κ1) is 17.2. The van der Waals surface area contributed by atoms with E-state index in [0.29, 0.717) is 12.1 Å². The molecule has 1 aliphatic rings. The standard InChI is InChI=1S/C16H18ClN3O3/c17-14-10-15(16(20(22)23)9-12(14)11-18)19-7-3-1-5-13(19)6-2-4-8-21/h8-10,13H,1-7H2/t13-/m0/s1. The van der Waals surface area contributed by atoms with Crippen LogP contribution in [0.4, 0.5) is 11.4 Å². The highest BCUT2D eigenvalue weighted by Crippen LogP contribution is 2.37. The van der Waals surface area contributed by atoms with E-state index in [1.54, 1.807) is 0 Å². The van der Waals surface area contributed by atoms with Crippen molar-refractivity contribution in [3.63, 3.8) is 0 Å². The fraction of sp³-hybridized carbons (Fsp3) is 0.500. The molecular formula is C16H18ClN3O3. The third-order valence-electron chi connectivity index (χ3n) is 4.18. The molecule has 23 heavy (non-hydrogen) atoms. The van der Waals surface area contributed by atoms with E-state index in [0.717, 1.165) is 44.9 Å². The van der Waals surface area contributed by atoms with Gasteiger partial charge in [0.15, 0.2) is 0 Å². The molecule has 1 fully saturated rings. The fourth-order valence-corrected chi connectivity index (χ4v) is 3.27. The summed E-state index contributed by atoms with van der Waals surface area (Å²) in [5.41, 5.74) is 0.486. The molecule has 1 aliphatic heterocycles. The number of unbranched alkanes of at least 4 members (excludes halogenated alkanes) is 1. The predicted molar refractivity (Wildman–Crippen MR) is 87.7 cm³/mol. The number of piperidine rings is 1. The number of hydrogen-bond donors (Lipinski definition) is 0. The molecule has 1 heterocycles. The molecule has 1 aromatic rings. The smallest absolute Gasteiger partial charge is 0.293 e. The third kappa shape index (κ3) is 3.99. The minimum atomic E-state index is -0.469. The number of carbonyl (C=O) groups is 1. The lowest BCUT2D eigenvalue weighted by molar-refractivity contribution is -0.384. The van der Waals surface area contributed by atoms with E-state index in [1.807, 2.05) is 11.0 Å². The summed E-state index contributed by atoms with van der Waals surface area (Å²) in [6.07, 6.45) is 5.94. The molecule has 0 unspecified atom stereocenters. The normalized spacial score (nSPS) is 17.6. The van der Waals surface area contributed by atoms with E-state index in [2.05, 4.69) is 0 Å². The van der Waals surface area contributed by atoms with Crippen LogP contribution in [-0.4, -0.2) is 23.8 Å². The number of nitro groups is 1. The average Bonchev–Trinajstić information content (AvgIpc) is 2.55. The first-order valence-electron chi connectivity index (χ1n) is 7.66. The Bertz CT molecular complexity index is 642. The van der Waals surface area contributed by atoms with Gasteiger partial charge in [-0.1, -0.05) is 11.6 Å². The quantitative estimate of drug-likeness (QED) is 0.341. The summed E-state index contributed by atoms with van der Waals surface area (Å²) in [6.45, 7) is 0.717. The third-order valence-corrected chi connectivity index (χ3v) is 4.49. The summed E-state index contributed by atoms with van der Waals surface area (Å²) < 4.78 is 0. The van der Waals surface area contributed by atoms with Gasteiger partial charge < -0.3 is 9.69 Å². The second-order valence-corrected chi connectivity index (χ2v) is 6.04. The monoisotopic (exact) mass is 335 g/mol.